The quantitative estimate of drug-likeness (QED) is 0.939. The van der Waals surface area contributed by atoms with Gasteiger partial charge in [-0.05, 0) is 35.9 Å². The van der Waals surface area contributed by atoms with E-state index >= 15 is 0 Å². The van der Waals surface area contributed by atoms with Crippen LogP contribution >= 0.6 is 11.6 Å². The Labute approximate surface area is 120 Å². The monoisotopic (exact) mass is 288 g/mol. The second-order valence-electron chi connectivity index (χ2n) is 4.16. The number of benzene rings is 2. The fraction of sp³-hybridized carbons (Fsp3) is 0.0667. The first-order valence-electron chi connectivity index (χ1n) is 5.82. The molecule has 0 aliphatic rings. The van der Waals surface area contributed by atoms with Crippen molar-refractivity contribution in [3.05, 3.63) is 64.4 Å². The van der Waals surface area contributed by atoms with E-state index in [4.69, 9.17) is 16.9 Å². The molecule has 0 unspecified atom stereocenters. The maximum absolute atomic E-state index is 13.5. The molecule has 3 nitrogen and oxygen atoms in total. The number of amides is 1. The molecule has 0 fully saturated rings. The highest BCUT2D eigenvalue weighted by molar-refractivity contribution is 6.30. The molecule has 5 heteroatoms. The van der Waals surface area contributed by atoms with E-state index < -0.39 is 5.82 Å². The fourth-order valence-corrected chi connectivity index (χ4v) is 1.84. The minimum absolute atomic E-state index is 0.0520. The van der Waals surface area contributed by atoms with Crippen LogP contribution in [0.1, 0.15) is 11.1 Å². The molecule has 0 aliphatic carbocycles. The third-order valence-corrected chi connectivity index (χ3v) is 2.89. The number of carbonyl (C=O) groups excluding carboxylic acids is 1. The van der Waals surface area contributed by atoms with Gasteiger partial charge < -0.3 is 5.32 Å². The summed E-state index contributed by atoms with van der Waals surface area (Å²) in [5.41, 5.74) is 1.31. The van der Waals surface area contributed by atoms with E-state index in [1.807, 2.05) is 6.07 Å². The summed E-state index contributed by atoms with van der Waals surface area (Å²) in [6.45, 7) is 0. The summed E-state index contributed by atoms with van der Waals surface area (Å²) in [5.74, 6) is -0.890. The maximum Gasteiger partial charge on any atom is 0.228 e. The summed E-state index contributed by atoms with van der Waals surface area (Å²) in [7, 11) is 0. The molecule has 20 heavy (non-hydrogen) atoms. The number of halogens is 2. The van der Waals surface area contributed by atoms with Crippen molar-refractivity contribution in [1.29, 1.82) is 5.26 Å². The smallest absolute Gasteiger partial charge is 0.228 e. The third kappa shape index (κ3) is 3.56. The van der Waals surface area contributed by atoms with E-state index in [-0.39, 0.29) is 18.0 Å². The summed E-state index contributed by atoms with van der Waals surface area (Å²) in [6, 6.07) is 12.6. The number of hydrogen-bond donors (Lipinski definition) is 1. The molecule has 1 amide bonds. The minimum atomic E-state index is -0.539. The van der Waals surface area contributed by atoms with Crippen molar-refractivity contribution in [2.75, 3.05) is 5.32 Å². The lowest BCUT2D eigenvalue weighted by molar-refractivity contribution is -0.115. The van der Waals surface area contributed by atoms with Crippen molar-refractivity contribution < 1.29 is 9.18 Å². The van der Waals surface area contributed by atoms with Crippen LogP contribution in [0.5, 0.6) is 0 Å². The minimum Gasteiger partial charge on any atom is -0.323 e. The number of nitrogens with zero attached hydrogens (tertiary/aromatic N) is 1. The van der Waals surface area contributed by atoms with Crippen LogP contribution in [0.2, 0.25) is 5.02 Å². The van der Waals surface area contributed by atoms with Gasteiger partial charge in [0.1, 0.15) is 5.82 Å². The molecular formula is C15H10ClFN2O. The second kappa shape index (κ2) is 6.18. The molecule has 0 radical (unpaired) electrons. The Hall–Kier alpha value is -2.38. The van der Waals surface area contributed by atoms with Gasteiger partial charge in [0.2, 0.25) is 5.91 Å². The molecular weight excluding hydrogens is 279 g/mol. The van der Waals surface area contributed by atoms with Crippen LogP contribution < -0.4 is 5.32 Å². The van der Waals surface area contributed by atoms with Crippen LogP contribution in [0.15, 0.2) is 42.5 Å². The van der Waals surface area contributed by atoms with E-state index in [9.17, 15) is 9.18 Å². The fourth-order valence-electron chi connectivity index (χ4n) is 1.67. The van der Waals surface area contributed by atoms with Gasteiger partial charge in [0, 0.05) is 5.02 Å². The van der Waals surface area contributed by atoms with Gasteiger partial charge in [-0.25, -0.2) is 4.39 Å². The van der Waals surface area contributed by atoms with Gasteiger partial charge in [-0.15, -0.1) is 0 Å². The standard InChI is InChI=1S/C15H10ClFN2O/c16-12-5-6-13(17)14(8-12)19-15(20)7-10-1-3-11(9-18)4-2-10/h1-6,8H,7H2,(H,19,20). The predicted molar refractivity (Wildman–Crippen MR) is 74.9 cm³/mol. The largest absolute Gasteiger partial charge is 0.323 e. The zero-order valence-electron chi connectivity index (χ0n) is 10.4. The predicted octanol–water partition coefficient (Wildman–Crippen LogP) is 3.53. The van der Waals surface area contributed by atoms with E-state index in [0.717, 1.165) is 5.56 Å². The topological polar surface area (TPSA) is 52.9 Å². The third-order valence-electron chi connectivity index (χ3n) is 2.65. The normalized spacial score (nSPS) is 9.85. The Morgan fingerprint density at radius 2 is 1.95 bits per heavy atom. The lowest BCUT2D eigenvalue weighted by Gasteiger charge is -2.07. The van der Waals surface area contributed by atoms with Gasteiger partial charge >= 0.3 is 0 Å². The highest BCUT2D eigenvalue weighted by Crippen LogP contribution is 2.19. The average molecular weight is 289 g/mol. The molecule has 2 rings (SSSR count). The summed E-state index contributed by atoms with van der Waals surface area (Å²) >= 11 is 5.75. The van der Waals surface area contributed by atoms with Crippen molar-refractivity contribution in [3.63, 3.8) is 0 Å². The molecule has 0 saturated carbocycles. The Morgan fingerprint density at radius 1 is 1.25 bits per heavy atom. The van der Waals surface area contributed by atoms with E-state index in [1.165, 1.54) is 18.2 Å². The van der Waals surface area contributed by atoms with Crippen LogP contribution in [0, 0.1) is 17.1 Å². The van der Waals surface area contributed by atoms with Crippen LogP contribution in [0.3, 0.4) is 0 Å². The number of rotatable bonds is 3. The molecule has 0 heterocycles. The lowest BCUT2D eigenvalue weighted by Crippen LogP contribution is -2.15. The van der Waals surface area contributed by atoms with Crippen molar-refractivity contribution >= 4 is 23.2 Å². The van der Waals surface area contributed by atoms with Gasteiger partial charge in [0.05, 0.1) is 23.7 Å². The van der Waals surface area contributed by atoms with E-state index in [2.05, 4.69) is 5.32 Å². The first-order chi connectivity index (χ1) is 9.58. The van der Waals surface area contributed by atoms with Gasteiger partial charge in [-0.3, -0.25) is 4.79 Å². The summed E-state index contributed by atoms with van der Waals surface area (Å²) < 4.78 is 13.5. The molecule has 0 aliphatic heterocycles. The number of anilines is 1. The molecule has 2 aromatic carbocycles. The zero-order chi connectivity index (χ0) is 14.5. The van der Waals surface area contributed by atoms with Gasteiger partial charge in [-0.1, -0.05) is 23.7 Å². The zero-order valence-corrected chi connectivity index (χ0v) is 11.1. The van der Waals surface area contributed by atoms with Crippen LogP contribution in [0.4, 0.5) is 10.1 Å². The highest BCUT2D eigenvalue weighted by Gasteiger charge is 2.08. The van der Waals surface area contributed by atoms with Crippen LogP contribution in [0.25, 0.3) is 0 Å². The highest BCUT2D eigenvalue weighted by atomic mass is 35.5. The summed E-state index contributed by atoms with van der Waals surface area (Å²) in [5, 5.41) is 11.5. The van der Waals surface area contributed by atoms with Gasteiger partial charge in [0.15, 0.2) is 0 Å². The number of hydrogen-bond acceptors (Lipinski definition) is 2. The van der Waals surface area contributed by atoms with Crippen LogP contribution in [-0.2, 0) is 11.2 Å². The molecule has 0 aromatic heterocycles. The first-order valence-corrected chi connectivity index (χ1v) is 6.20. The Kier molecular flexibility index (Phi) is 4.34. The van der Waals surface area contributed by atoms with Crippen molar-refractivity contribution in [2.45, 2.75) is 6.42 Å². The second-order valence-corrected chi connectivity index (χ2v) is 4.59. The number of carbonyl (C=O) groups is 1. The van der Waals surface area contributed by atoms with Crippen LogP contribution in [-0.4, -0.2) is 5.91 Å². The average Bonchev–Trinajstić information content (AvgIpc) is 2.43. The van der Waals surface area contributed by atoms with Gasteiger partial charge in [-0.2, -0.15) is 5.26 Å². The summed E-state index contributed by atoms with van der Waals surface area (Å²) in [4.78, 5) is 11.8. The molecule has 0 saturated heterocycles. The number of nitriles is 1. The SMILES string of the molecule is N#Cc1ccc(CC(=O)Nc2cc(Cl)ccc2F)cc1. The van der Waals surface area contributed by atoms with Crippen molar-refractivity contribution in [2.24, 2.45) is 0 Å². The Bertz CT molecular complexity index is 677. The first kappa shape index (κ1) is 14.0. The van der Waals surface area contributed by atoms with E-state index in [0.29, 0.717) is 10.6 Å². The van der Waals surface area contributed by atoms with Crippen molar-refractivity contribution in [1.82, 2.24) is 0 Å². The molecule has 100 valence electrons. The Balaban J connectivity index is 2.05. The number of nitrogens with one attached hydrogen (secondary N) is 1. The molecule has 1 N–H and O–H groups in total. The molecule has 2 aromatic rings. The van der Waals surface area contributed by atoms with Gasteiger partial charge in [0.25, 0.3) is 0 Å². The van der Waals surface area contributed by atoms with E-state index in [1.54, 1.807) is 24.3 Å². The Morgan fingerprint density at radius 3 is 2.60 bits per heavy atom. The van der Waals surface area contributed by atoms with Crippen molar-refractivity contribution in [3.8, 4) is 6.07 Å². The maximum atomic E-state index is 13.5. The molecule has 0 atom stereocenters. The molecule has 0 spiro atoms. The molecule has 0 bridgehead atoms. The lowest BCUT2D eigenvalue weighted by atomic mass is 10.1. The summed E-state index contributed by atoms with van der Waals surface area (Å²) in [6.07, 6.45) is 0.0949.